The van der Waals surface area contributed by atoms with E-state index in [4.69, 9.17) is 24.7 Å². The molecule has 0 bridgehead atoms. The third kappa shape index (κ3) is 7.65. The van der Waals surface area contributed by atoms with Gasteiger partial charge >= 0.3 is 16.5 Å². The number of urea groups is 1. The largest absolute Gasteiger partial charge is 0.481 e. The quantitative estimate of drug-likeness (QED) is 0.673. The fourth-order valence-electron chi connectivity index (χ4n) is 1.49. The van der Waals surface area contributed by atoms with Gasteiger partial charge in [-0.05, 0) is 0 Å². The average Bonchev–Trinajstić information content (AvgIpc) is 2.66. The standard InChI is InChI=1S/C7H8N4O5S.C6H9N3O2/c1-15-4-3-5(16-2)9-6(8-4)10-7(12)11-17(13)14;1-10-4-3-5(11-2)9-6(7)8-4/h3H,1-2H3,(H,8,9,10,12);3H,1-2H3,(H2,7,8,9). The van der Waals surface area contributed by atoms with Crippen molar-refractivity contribution in [3.05, 3.63) is 12.1 Å². The molecule has 2 aromatic heterocycles. The van der Waals surface area contributed by atoms with Crippen LogP contribution in [-0.4, -0.2) is 62.8 Å². The molecular formula is C13H17N7O7S. The minimum Gasteiger partial charge on any atom is -0.481 e. The SMILES string of the molecule is COc1cc(OC)nc(N)n1.COc1cc(OC)nc(NC(=O)N=S(=O)=O)n1. The Labute approximate surface area is 160 Å². The summed E-state index contributed by atoms with van der Waals surface area (Å²) in [6.45, 7) is 0. The van der Waals surface area contributed by atoms with Gasteiger partial charge in [-0.3, -0.25) is 5.32 Å². The molecule has 2 rings (SSSR count). The van der Waals surface area contributed by atoms with Gasteiger partial charge in [0.2, 0.25) is 35.4 Å². The van der Waals surface area contributed by atoms with Crippen LogP contribution in [0.3, 0.4) is 0 Å². The van der Waals surface area contributed by atoms with Crippen LogP contribution >= 0.6 is 0 Å². The molecule has 0 aromatic carbocycles. The maximum atomic E-state index is 11.0. The number of nitrogens with zero attached hydrogens (tertiary/aromatic N) is 5. The predicted molar refractivity (Wildman–Crippen MR) is 95.1 cm³/mol. The van der Waals surface area contributed by atoms with Crippen molar-refractivity contribution in [3.8, 4) is 23.5 Å². The lowest BCUT2D eigenvalue weighted by Gasteiger charge is -2.05. The lowest BCUT2D eigenvalue weighted by Crippen LogP contribution is -2.10. The summed E-state index contributed by atoms with van der Waals surface area (Å²) in [5, 5.41) is 2.04. The Bertz CT molecular complexity index is 900. The number of rotatable bonds is 5. The molecule has 2 amide bonds. The van der Waals surface area contributed by atoms with E-state index in [9.17, 15) is 13.2 Å². The molecule has 28 heavy (non-hydrogen) atoms. The number of aromatic nitrogens is 4. The monoisotopic (exact) mass is 415 g/mol. The lowest BCUT2D eigenvalue weighted by atomic mass is 10.6. The Morgan fingerprint density at radius 3 is 1.64 bits per heavy atom. The van der Waals surface area contributed by atoms with Crippen LogP contribution < -0.4 is 30.0 Å². The molecule has 0 saturated heterocycles. The van der Waals surface area contributed by atoms with E-state index in [0.717, 1.165) is 0 Å². The Balaban J connectivity index is 0.000000307. The molecule has 14 nitrogen and oxygen atoms in total. The van der Waals surface area contributed by atoms with Crippen LogP contribution in [0.5, 0.6) is 23.5 Å². The van der Waals surface area contributed by atoms with Gasteiger partial charge in [-0.25, -0.2) is 4.79 Å². The maximum absolute atomic E-state index is 11.0. The summed E-state index contributed by atoms with van der Waals surface area (Å²) in [5.41, 5.74) is 5.33. The fourth-order valence-corrected chi connectivity index (χ4v) is 1.67. The van der Waals surface area contributed by atoms with E-state index in [1.807, 2.05) is 5.32 Å². The highest BCUT2D eigenvalue weighted by Crippen LogP contribution is 2.17. The molecule has 0 spiro atoms. The molecule has 152 valence electrons. The molecule has 0 fully saturated rings. The Kier molecular flexibility index (Phi) is 8.81. The first-order valence-corrected chi connectivity index (χ1v) is 8.16. The second kappa shape index (κ2) is 11.1. The van der Waals surface area contributed by atoms with E-state index in [1.165, 1.54) is 34.5 Å². The second-order valence-corrected chi connectivity index (χ2v) is 4.94. The van der Waals surface area contributed by atoms with Gasteiger partial charge in [-0.2, -0.15) is 28.4 Å². The highest BCUT2D eigenvalue weighted by molar-refractivity contribution is 7.62. The van der Waals surface area contributed by atoms with Gasteiger partial charge in [0.1, 0.15) is 0 Å². The number of anilines is 2. The number of nitrogens with two attached hydrogens (primary N) is 1. The smallest absolute Gasteiger partial charge is 0.362 e. The van der Waals surface area contributed by atoms with Crippen molar-refractivity contribution in [2.75, 3.05) is 39.5 Å². The van der Waals surface area contributed by atoms with Crippen LogP contribution in [0.25, 0.3) is 0 Å². The predicted octanol–water partition coefficient (Wildman–Crippen LogP) is 0.164. The molecule has 0 aliphatic heterocycles. The van der Waals surface area contributed by atoms with Crippen molar-refractivity contribution in [1.29, 1.82) is 0 Å². The first kappa shape index (κ1) is 22.3. The number of hydrogen-bond acceptors (Lipinski definition) is 12. The molecule has 15 heteroatoms. The Morgan fingerprint density at radius 1 is 0.893 bits per heavy atom. The summed E-state index contributed by atoms with van der Waals surface area (Å²) >= 11 is 0. The lowest BCUT2D eigenvalue weighted by molar-refractivity contribution is 0.259. The number of methoxy groups -OCH3 is 4. The minimum absolute atomic E-state index is 0.140. The van der Waals surface area contributed by atoms with Gasteiger partial charge in [-0.15, -0.1) is 0 Å². The molecular weight excluding hydrogens is 398 g/mol. The number of nitrogens with one attached hydrogen (secondary N) is 1. The van der Waals surface area contributed by atoms with Gasteiger partial charge in [0.15, 0.2) is 0 Å². The number of ether oxygens (including phenoxy) is 4. The molecule has 0 aliphatic carbocycles. The third-order valence-corrected chi connectivity index (χ3v) is 2.90. The minimum atomic E-state index is -2.84. The number of amides is 2. The van der Waals surface area contributed by atoms with Crippen molar-refractivity contribution in [2.24, 2.45) is 4.36 Å². The fraction of sp³-hybridized carbons (Fsp3) is 0.308. The van der Waals surface area contributed by atoms with Crippen LogP contribution in [0.4, 0.5) is 16.7 Å². The molecule has 2 heterocycles. The van der Waals surface area contributed by atoms with Crippen molar-refractivity contribution in [3.63, 3.8) is 0 Å². The number of hydrogen-bond donors (Lipinski definition) is 2. The van der Waals surface area contributed by atoms with Gasteiger partial charge < -0.3 is 24.7 Å². The normalized spacial score (nSPS) is 9.29. The average molecular weight is 415 g/mol. The van der Waals surface area contributed by atoms with E-state index in [-0.39, 0.29) is 23.7 Å². The summed E-state index contributed by atoms with van der Waals surface area (Å²) in [6.07, 6.45) is 0. The molecule has 3 N–H and O–H groups in total. The zero-order valence-electron chi connectivity index (χ0n) is 15.2. The zero-order chi connectivity index (χ0) is 21.1. The Morgan fingerprint density at radius 2 is 1.29 bits per heavy atom. The van der Waals surface area contributed by atoms with E-state index < -0.39 is 16.5 Å². The third-order valence-electron chi connectivity index (χ3n) is 2.59. The molecule has 0 aliphatic rings. The zero-order valence-corrected chi connectivity index (χ0v) is 16.1. The molecule has 0 saturated carbocycles. The highest BCUT2D eigenvalue weighted by atomic mass is 32.2. The van der Waals surface area contributed by atoms with Crippen molar-refractivity contribution in [2.45, 2.75) is 0 Å². The summed E-state index contributed by atoms with van der Waals surface area (Å²) in [6, 6.07) is 1.82. The molecule has 0 atom stereocenters. The van der Waals surface area contributed by atoms with Crippen LogP contribution in [0.15, 0.2) is 16.5 Å². The number of carbonyl (C=O) groups is 1. The summed E-state index contributed by atoms with van der Waals surface area (Å²) in [5.74, 6) is 1.05. The van der Waals surface area contributed by atoms with Gasteiger partial charge in [0.05, 0.1) is 40.6 Å². The summed E-state index contributed by atoms with van der Waals surface area (Å²) < 4.78 is 42.2. The van der Waals surface area contributed by atoms with Crippen molar-refractivity contribution in [1.82, 2.24) is 19.9 Å². The molecule has 2 aromatic rings. The Hall–Kier alpha value is -3.75. The van der Waals surface area contributed by atoms with E-state index in [2.05, 4.69) is 24.3 Å². The topological polar surface area (TPSA) is 190 Å². The van der Waals surface area contributed by atoms with Crippen LogP contribution in [0.1, 0.15) is 0 Å². The van der Waals surface area contributed by atoms with E-state index in [0.29, 0.717) is 11.8 Å². The molecule has 0 unspecified atom stereocenters. The van der Waals surface area contributed by atoms with Gasteiger partial charge in [0, 0.05) is 0 Å². The first-order valence-electron chi connectivity index (χ1n) is 7.13. The van der Waals surface area contributed by atoms with Crippen LogP contribution in [0, 0.1) is 0 Å². The van der Waals surface area contributed by atoms with Crippen molar-refractivity contribution >= 4 is 28.4 Å². The molecule has 0 radical (unpaired) electrons. The number of nitrogen functional groups attached to an aromatic ring is 1. The van der Waals surface area contributed by atoms with Crippen LogP contribution in [0.2, 0.25) is 0 Å². The highest BCUT2D eigenvalue weighted by Gasteiger charge is 2.08. The number of carbonyl (C=O) groups excluding carboxylic acids is 1. The summed E-state index contributed by atoms with van der Waals surface area (Å²) in [4.78, 5) is 26.0. The first-order chi connectivity index (χ1) is 13.3. The van der Waals surface area contributed by atoms with Crippen molar-refractivity contribution < 1.29 is 32.2 Å². The van der Waals surface area contributed by atoms with E-state index in [1.54, 1.807) is 6.07 Å². The van der Waals surface area contributed by atoms with Gasteiger partial charge in [-0.1, -0.05) is 4.36 Å². The second-order valence-electron chi connectivity index (χ2n) is 4.33. The summed E-state index contributed by atoms with van der Waals surface area (Å²) in [7, 11) is 2.89. The van der Waals surface area contributed by atoms with Crippen LogP contribution in [-0.2, 0) is 10.5 Å². The van der Waals surface area contributed by atoms with E-state index >= 15 is 0 Å². The van der Waals surface area contributed by atoms with Gasteiger partial charge in [0.25, 0.3) is 0 Å². The maximum Gasteiger partial charge on any atom is 0.362 e.